The number of nitrogens with two attached hydrogens (primary N) is 1. The number of fused-ring (bicyclic) bond motifs is 1. The van der Waals surface area contributed by atoms with Gasteiger partial charge in [-0.15, -0.1) is 0 Å². The minimum absolute atomic E-state index is 0.0511. The lowest BCUT2D eigenvalue weighted by Crippen LogP contribution is -2.34. The van der Waals surface area contributed by atoms with E-state index in [2.05, 4.69) is 9.97 Å². The standard InChI is InChI=1S/C19H19F6N5/c20-18(21,22)8-29-5-11-12(6-29)15(11)30-7-14(28-17(30)9-1-2-9)10-3-13(19(23,24)25)16(26)27-4-10/h3-4,7,9,11-12,15H,1-2,5-6,8H2,(H2,26,27). The van der Waals surface area contributed by atoms with Gasteiger partial charge in [0.1, 0.15) is 11.6 Å². The first kappa shape index (κ1) is 19.7. The normalized spacial score (nSPS) is 26.8. The topological polar surface area (TPSA) is 60.0 Å². The first-order valence-electron chi connectivity index (χ1n) is 9.72. The van der Waals surface area contributed by atoms with Crippen molar-refractivity contribution in [2.75, 3.05) is 25.4 Å². The second-order valence-electron chi connectivity index (χ2n) is 8.45. The second kappa shape index (κ2) is 6.35. The van der Waals surface area contributed by atoms with Crippen molar-refractivity contribution in [2.45, 2.75) is 37.2 Å². The maximum atomic E-state index is 13.2. The predicted molar refractivity (Wildman–Crippen MR) is 95.4 cm³/mol. The molecule has 11 heteroatoms. The lowest BCUT2D eigenvalue weighted by atomic mass is 10.1. The number of piperidine rings is 1. The Hall–Kier alpha value is -2.30. The molecule has 0 amide bonds. The van der Waals surface area contributed by atoms with E-state index in [0.717, 1.165) is 24.7 Å². The molecule has 2 atom stereocenters. The fraction of sp³-hybridized carbons (Fsp3) is 0.579. The maximum absolute atomic E-state index is 13.2. The van der Waals surface area contributed by atoms with Crippen LogP contribution in [0.2, 0.25) is 0 Å². The summed E-state index contributed by atoms with van der Waals surface area (Å²) in [6, 6.07) is 1.000. The molecule has 2 aromatic rings. The van der Waals surface area contributed by atoms with Crippen molar-refractivity contribution < 1.29 is 26.3 Å². The van der Waals surface area contributed by atoms with Crippen LogP contribution in [-0.2, 0) is 6.18 Å². The molecule has 3 aliphatic rings. The van der Waals surface area contributed by atoms with Crippen LogP contribution in [0.4, 0.5) is 32.2 Å². The van der Waals surface area contributed by atoms with Crippen molar-refractivity contribution in [3.63, 3.8) is 0 Å². The third-order valence-electron chi connectivity index (χ3n) is 6.17. The Kier molecular flexibility index (Phi) is 4.16. The molecule has 2 aliphatic carbocycles. The first-order chi connectivity index (χ1) is 14.0. The highest BCUT2D eigenvalue weighted by molar-refractivity contribution is 5.62. The smallest absolute Gasteiger partial charge is 0.383 e. The van der Waals surface area contributed by atoms with Gasteiger partial charge in [-0.05, 0) is 30.7 Å². The number of alkyl halides is 6. The number of likely N-dealkylation sites (tertiary alicyclic amines) is 1. The lowest BCUT2D eigenvalue weighted by molar-refractivity contribution is -0.144. The molecule has 2 N–H and O–H groups in total. The summed E-state index contributed by atoms with van der Waals surface area (Å²) in [7, 11) is 0. The zero-order valence-electron chi connectivity index (χ0n) is 15.7. The van der Waals surface area contributed by atoms with Gasteiger partial charge in [0.05, 0.1) is 17.8 Å². The summed E-state index contributed by atoms with van der Waals surface area (Å²) >= 11 is 0. The van der Waals surface area contributed by atoms with E-state index in [0.29, 0.717) is 18.8 Å². The van der Waals surface area contributed by atoms with Gasteiger partial charge < -0.3 is 10.3 Å². The van der Waals surface area contributed by atoms with E-state index in [-0.39, 0.29) is 29.4 Å². The quantitative estimate of drug-likeness (QED) is 0.741. The second-order valence-corrected chi connectivity index (χ2v) is 8.45. The largest absolute Gasteiger partial charge is 0.419 e. The zero-order valence-corrected chi connectivity index (χ0v) is 15.7. The Morgan fingerprint density at radius 2 is 1.73 bits per heavy atom. The number of aromatic nitrogens is 3. The van der Waals surface area contributed by atoms with Gasteiger partial charge >= 0.3 is 12.4 Å². The Bertz CT molecular complexity index is 965. The van der Waals surface area contributed by atoms with Gasteiger partial charge in [-0.25, -0.2) is 9.97 Å². The van der Waals surface area contributed by atoms with Crippen LogP contribution in [-0.4, -0.2) is 45.2 Å². The van der Waals surface area contributed by atoms with E-state index in [1.165, 1.54) is 11.1 Å². The van der Waals surface area contributed by atoms with E-state index < -0.39 is 30.3 Å². The minimum Gasteiger partial charge on any atom is -0.383 e. The van der Waals surface area contributed by atoms with Crippen molar-refractivity contribution >= 4 is 5.82 Å². The number of hydrogen-bond donors (Lipinski definition) is 1. The molecule has 0 spiro atoms. The predicted octanol–water partition coefficient (Wildman–Crippen LogP) is 4.09. The first-order valence-corrected chi connectivity index (χ1v) is 9.72. The van der Waals surface area contributed by atoms with Gasteiger partial charge in [-0.2, -0.15) is 26.3 Å². The number of nitrogens with zero attached hydrogens (tertiary/aromatic N) is 4. The summed E-state index contributed by atoms with van der Waals surface area (Å²) in [5.41, 5.74) is 4.98. The molecule has 0 aromatic carbocycles. The van der Waals surface area contributed by atoms with Gasteiger partial charge in [0.25, 0.3) is 0 Å². The summed E-state index contributed by atoms with van der Waals surface area (Å²) in [4.78, 5) is 9.68. The minimum atomic E-state index is -4.62. The molecule has 30 heavy (non-hydrogen) atoms. The molecule has 5 nitrogen and oxygen atoms in total. The molecular weight excluding hydrogens is 412 g/mol. The molecule has 2 aromatic heterocycles. The van der Waals surface area contributed by atoms with E-state index in [4.69, 9.17) is 5.73 Å². The summed E-state index contributed by atoms with van der Waals surface area (Å²) in [6.45, 7) is -0.170. The molecule has 1 saturated heterocycles. The average Bonchev–Trinajstić information content (AvgIpc) is 3.49. The van der Waals surface area contributed by atoms with Crippen LogP contribution in [0.15, 0.2) is 18.5 Å². The van der Waals surface area contributed by atoms with Crippen LogP contribution >= 0.6 is 0 Å². The van der Waals surface area contributed by atoms with E-state index in [1.54, 1.807) is 6.20 Å². The van der Waals surface area contributed by atoms with Crippen molar-refractivity contribution in [2.24, 2.45) is 11.8 Å². The third kappa shape index (κ3) is 3.52. The van der Waals surface area contributed by atoms with Crippen LogP contribution in [0.25, 0.3) is 11.3 Å². The fourth-order valence-corrected chi connectivity index (χ4v) is 4.65. The molecular formula is C19H19F6N5. The maximum Gasteiger partial charge on any atom is 0.419 e. The SMILES string of the molecule is Nc1ncc(-c2cn(C3C4CN(CC(F)(F)F)CC43)c(C3CC3)n2)cc1C(F)(F)F. The number of halogens is 6. The molecule has 5 rings (SSSR count). The van der Waals surface area contributed by atoms with Gasteiger partial charge in [0, 0.05) is 43.0 Å². The van der Waals surface area contributed by atoms with E-state index >= 15 is 0 Å². The molecule has 2 saturated carbocycles. The third-order valence-corrected chi connectivity index (χ3v) is 6.17. The van der Waals surface area contributed by atoms with Gasteiger partial charge in [-0.1, -0.05) is 0 Å². The van der Waals surface area contributed by atoms with Crippen molar-refractivity contribution in [1.82, 2.24) is 19.4 Å². The van der Waals surface area contributed by atoms with Crippen LogP contribution in [0.1, 0.15) is 36.2 Å². The van der Waals surface area contributed by atoms with Crippen LogP contribution in [0.5, 0.6) is 0 Å². The molecule has 3 heterocycles. The molecule has 0 bridgehead atoms. The van der Waals surface area contributed by atoms with Crippen LogP contribution in [0, 0.1) is 11.8 Å². The van der Waals surface area contributed by atoms with Crippen molar-refractivity contribution in [1.29, 1.82) is 0 Å². The Labute approximate surface area is 167 Å². The van der Waals surface area contributed by atoms with Gasteiger partial charge in [0.2, 0.25) is 0 Å². The molecule has 0 radical (unpaired) electrons. The van der Waals surface area contributed by atoms with Crippen molar-refractivity contribution in [3.05, 3.63) is 29.8 Å². The summed E-state index contributed by atoms with van der Waals surface area (Å²) in [5.74, 6) is 0.686. The Morgan fingerprint density at radius 3 is 2.30 bits per heavy atom. The number of nitrogen functional groups attached to an aromatic ring is 1. The summed E-state index contributed by atoms with van der Waals surface area (Å²) in [6.07, 6.45) is -3.94. The molecule has 2 unspecified atom stereocenters. The van der Waals surface area contributed by atoms with Crippen LogP contribution < -0.4 is 5.73 Å². The highest BCUT2D eigenvalue weighted by Gasteiger charge is 2.58. The summed E-state index contributed by atoms with van der Waals surface area (Å²) < 4.78 is 79.4. The monoisotopic (exact) mass is 431 g/mol. The van der Waals surface area contributed by atoms with Crippen LogP contribution in [0.3, 0.4) is 0 Å². The number of imidazole rings is 1. The van der Waals surface area contributed by atoms with E-state index in [9.17, 15) is 26.3 Å². The van der Waals surface area contributed by atoms with Crippen molar-refractivity contribution in [3.8, 4) is 11.3 Å². The fourth-order valence-electron chi connectivity index (χ4n) is 4.65. The summed E-state index contributed by atoms with van der Waals surface area (Å²) in [5, 5.41) is 0. The number of pyridine rings is 1. The van der Waals surface area contributed by atoms with Gasteiger partial charge in [0.15, 0.2) is 0 Å². The molecule has 1 aliphatic heterocycles. The zero-order chi connectivity index (χ0) is 21.4. The Morgan fingerprint density at radius 1 is 1.07 bits per heavy atom. The molecule has 162 valence electrons. The highest BCUT2D eigenvalue weighted by atomic mass is 19.4. The number of anilines is 1. The number of rotatable bonds is 4. The van der Waals surface area contributed by atoms with E-state index in [1.807, 2.05) is 4.57 Å². The molecule has 3 fully saturated rings. The van der Waals surface area contributed by atoms with Gasteiger partial charge in [-0.3, -0.25) is 4.90 Å². The number of hydrogen-bond acceptors (Lipinski definition) is 4. The average molecular weight is 431 g/mol. The lowest BCUT2D eigenvalue weighted by Gasteiger charge is -2.21. The Balaban J connectivity index is 1.41. The highest BCUT2D eigenvalue weighted by Crippen LogP contribution is 2.57.